The zero-order chi connectivity index (χ0) is 11.4. The molecule has 0 N–H and O–H groups in total. The van der Waals surface area contributed by atoms with Crippen LogP contribution >= 0.6 is 11.6 Å². The van der Waals surface area contributed by atoms with Gasteiger partial charge in [0, 0.05) is 25.2 Å². The van der Waals surface area contributed by atoms with Crippen LogP contribution in [0.25, 0.3) is 0 Å². The Bertz CT molecular complexity index is 340. The summed E-state index contributed by atoms with van der Waals surface area (Å²) in [6, 6.07) is 2.03. The third-order valence-electron chi connectivity index (χ3n) is 3.47. The number of hydrogen-bond donors (Lipinski definition) is 0. The van der Waals surface area contributed by atoms with Crippen LogP contribution in [0.15, 0.2) is 18.5 Å². The van der Waals surface area contributed by atoms with Crippen molar-refractivity contribution in [2.24, 2.45) is 5.92 Å². The molecule has 0 bridgehead atoms. The van der Waals surface area contributed by atoms with Crippen molar-refractivity contribution in [1.29, 1.82) is 0 Å². The van der Waals surface area contributed by atoms with Crippen LogP contribution in [0.3, 0.4) is 0 Å². The predicted octanol–water partition coefficient (Wildman–Crippen LogP) is 3.45. The van der Waals surface area contributed by atoms with Crippen LogP contribution < -0.4 is 4.90 Å². The standard InChI is InChI=1S/C13H19ClN2/c1-2-11-4-3-7-16(10-11)13-9-15-6-5-12(13)8-14/h5-6,9,11H,2-4,7-8,10H2,1H3. The lowest BCUT2D eigenvalue weighted by Gasteiger charge is -2.34. The number of anilines is 1. The van der Waals surface area contributed by atoms with Crippen LogP contribution in [0, 0.1) is 5.92 Å². The molecular formula is C13H19ClN2. The van der Waals surface area contributed by atoms with Crippen molar-refractivity contribution in [3.63, 3.8) is 0 Å². The Kier molecular flexibility index (Phi) is 4.05. The van der Waals surface area contributed by atoms with Gasteiger partial charge in [-0.25, -0.2) is 0 Å². The number of hydrogen-bond acceptors (Lipinski definition) is 2. The number of piperidine rings is 1. The lowest BCUT2D eigenvalue weighted by molar-refractivity contribution is 0.404. The summed E-state index contributed by atoms with van der Waals surface area (Å²) >= 11 is 5.97. The van der Waals surface area contributed by atoms with Crippen LogP contribution in [-0.2, 0) is 5.88 Å². The minimum absolute atomic E-state index is 0.575. The molecule has 1 saturated heterocycles. The van der Waals surface area contributed by atoms with Crippen LogP contribution in [-0.4, -0.2) is 18.1 Å². The highest BCUT2D eigenvalue weighted by molar-refractivity contribution is 6.17. The van der Waals surface area contributed by atoms with E-state index >= 15 is 0 Å². The van der Waals surface area contributed by atoms with E-state index in [1.165, 1.54) is 30.5 Å². The van der Waals surface area contributed by atoms with E-state index in [2.05, 4.69) is 16.8 Å². The fourth-order valence-corrected chi connectivity index (χ4v) is 2.66. The molecule has 2 nitrogen and oxygen atoms in total. The summed E-state index contributed by atoms with van der Waals surface area (Å²) in [6.07, 6.45) is 7.70. The van der Waals surface area contributed by atoms with Crippen molar-refractivity contribution in [2.45, 2.75) is 32.1 Å². The van der Waals surface area contributed by atoms with Gasteiger partial charge < -0.3 is 4.90 Å². The van der Waals surface area contributed by atoms with Crippen molar-refractivity contribution in [1.82, 2.24) is 4.98 Å². The van der Waals surface area contributed by atoms with Gasteiger partial charge in [-0.3, -0.25) is 4.98 Å². The predicted molar refractivity (Wildman–Crippen MR) is 69.0 cm³/mol. The third-order valence-corrected chi connectivity index (χ3v) is 3.76. The van der Waals surface area contributed by atoms with Gasteiger partial charge in [-0.1, -0.05) is 13.3 Å². The molecule has 1 unspecified atom stereocenters. The monoisotopic (exact) mass is 238 g/mol. The summed E-state index contributed by atoms with van der Waals surface area (Å²) in [4.78, 5) is 6.67. The average molecular weight is 239 g/mol. The molecule has 1 atom stereocenters. The summed E-state index contributed by atoms with van der Waals surface area (Å²) in [5.41, 5.74) is 2.43. The van der Waals surface area contributed by atoms with E-state index in [1.54, 1.807) is 0 Å². The Labute approximate surface area is 103 Å². The zero-order valence-corrected chi connectivity index (χ0v) is 10.6. The molecule has 0 amide bonds. The maximum atomic E-state index is 5.97. The molecule has 2 heterocycles. The Morgan fingerprint density at radius 2 is 2.44 bits per heavy atom. The van der Waals surface area contributed by atoms with Crippen molar-refractivity contribution in [3.8, 4) is 0 Å². The summed E-state index contributed by atoms with van der Waals surface area (Å²) in [7, 11) is 0. The lowest BCUT2D eigenvalue weighted by Crippen LogP contribution is -2.35. The first kappa shape index (κ1) is 11.7. The number of nitrogens with zero attached hydrogens (tertiary/aromatic N) is 2. The summed E-state index contributed by atoms with van der Waals surface area (Å²) in [5, 5.41) is 0. The van der Waals surface area contributed by atoms with E-state index in [9.17, 15) is 0 Å². The second kappa shape index (κ2) is 5.53. The van der Waals surface area contributed by atoms with E-state index in [0.29, 0.717) is 5.88 Å². The molecule has 1 aromatic rings. The number of halogens is 1. The quantitative estimate of drug-likeness (QED) is 0.750. The highest BCUT2D eigenvalue weighted by atomic mass is 35.5. The Morgan fingerprint density at radius 3 is 3.19 bits per heavy atom. The number of aromatic nitrogens is 1. The van der Waals surface area contributed by atoms with Gasteiger partial charge in [0.1, 0.15) is 0 Å². The Hall–Kier alpha value is -0.760. The normalized spacial score (nSPS) is 21.1. The number of alkyl halides is 1. The van der Waals surface area contributed by atoms with Gasteiger partial charge in [0.2, 0.25) is 0 Å². The zero-order valence-electron chi connectivity index (χ0n) is 9.82. The molecule has 0 aliphatic carbocycles. The molecule has 1 fully saturated rings. The first-order valence-electron chi connectivity index (χ1n) is 6.09. The maximum Gasteiger partial charge on any atom is 0.0597 e. The largest absolute Gasteiger partial charge is 0.370 e. The Balaban J connectivity index is 2.16. The van der Waals surface area contributed by atoms with Gasteiger partial charge in [-0.2, -0.15) is 0 Å². The van der Waals surface area contributed by atoms with Crippen LogP contribution in [0.2, 0.25) is 0 Å². The first-order valence-corrected chi connectivity index (χ1v) is 6.62. The molecule has 88 valence electrons. The van der Waals surface area contributed by atoms with E-state index in [1.807, 2.05) is 18.5 Å². The van der Waals surface area contributed by atoms with Crippen molar-refractivity contribution >= 4 is 17.3 Å². The molecule has 3 heteroatoms. The van der Waals surface area contributed by atoms with E-state index in [4.69, 9.17) is 11.6 Å². The maximum absolute atomic E-state index is 5.97. The van der Waals surface area contributed by atoms with Crippen molar-refractivity contribution in [3.05, 3.63) is 24.0 Å². The molecule has 1 aromatic heterocycles. The van der Waals surface area contributed by atoms with E-state index in [0.717, 1.165) is 19.0 Å². The fraction of sp³-hybridized carbons (Fsp3) is 0.615. The number of pyridine rings is 1. The summed E-state index contributed by atoms with van der Waals surface area (Å²) in [6.45, 7) is 4.58. The molecular weight excluding hydrogens is 220 g/mol. The summed E-state index contributed by atoms with van der Waals surface area (Å²) in [5.74, 6) is 1.41. The van der Waals surface area contributed by atoms with Gasteiger partial charge in [-0.05, 0) is 30.4 Å². The van der Waals surface area contributed by atoms with Gasteiger partial charge in [0.25, 0.3) is 0 Å². The first-order chi connectivity index (χ1) is 7.85. The Morgan fingerprint density at radius 1 is 1.56 bits per heavy atom. The van der Waals surface area contributed by atoms with Crippen LogP contribution in [0.1, 0.15) is 31.7 Å². The summed E-state index contributed by atoms with van der Waals surface area (Å²) < 4.78 is 0. The van der Waals surface area contributed by atoms with Crippen molar-refractivity contribution < 1.29 is 0 Å². The van der Waals surface area contributed by atoms with Gasteiger partial charge in [-0.15, -0.1) is 11.6 Å². The lowest BCUT2D eigenvalue weighted by atomic mass is 9.95. The third kappa shape index (κ3) is 2.49. The smallest absolute Gasteiger partial charge is 0.0597 e. The average Bonchev–Trinajstić information content (AvgIpc) is 2.38. The molecule has 16 heavy (non-hydrogen) atoms. The van der Waals surface area contributed by atoms with Crippen LogP contribution in [0.5, 0.6) is 0 Å². The second-order valence-electron chi connectivity index (χ2n) is 4.50. The molecule has 0 aromatic carbocycles. The topological polar surface area (TPSA) is 16.1 Å². The molecule has 0 saturated carbocycles. The molecule has 0 spiro atoms. The van der Waals surface area contributed by atoms with Gasteiger partial charge >= 0.3 is 0 Å². The molecule has 2 rings (SSSR count). The fourth-order valence-electron chi connectivity index (χ4n) is 2.43. The second-order valence-corrected chi connectivity index (χ2v) is 4.77. The minimum Gasteiger partial charge on any atom is -0.370 e. The highest BCUT2D eigenvalue weighted by Gasteiger charge is 2.20. The molecule has 1 aliphatic rings. The SMILES string of the molecule is CCC1CCCN(c2cnccc2CCl)C1. The molecule has 1 aliphatic heterocycles. The van der Waals surface area contributed by atoms with Gasteiger partial charge in [0.05, 0.1) is 11.9 Å². The highest BCUT2D eigenvalue weighted by Crippen LogP contribution is 2.27. The molecule has 0 radical (unpaired) electrons. The van der Waals surface area contributed by atoms with Crippen molar-refractivity contribution in [2.75, 3.05) is 18.0 Å². The van der Waals surface area contributed by atoms with Crippen LogP contribution in [0.4, 0.5) is 5.69 Å². The number of rotatable bonds is 3. The minimum atomic E-state index is 0.575. The van der Waals surface area contributed by atoms with E-state index in [-0.39, 0.29) is 0 Å². The van der Waals surface area contributed by atoms with Gasteiger partial charge in [0.15, 0.2) is 0 Å². The van der Waals surface area contributed by atoms with E-state index < -0.39 is 0 Å².